The van der Waals surface area contributed by atoms with Crippen LogP contribution < -0.4 is 0 Å². The monoisotopic (exact) mass is 657 g/mol. The standard InChI is InChI=1S/C45H27N3OS/c1-2-9-30(10-3-1)45-47-38(29-18-16-28(17-19-29)32-11-8-24-46-27-32)26-39(48-45)36-23-22-33(43-37-13-4-6-14-40(37)49-44(36)43)31-20-21-35-34-12-5-7-15-41(34)50-42(35)25-31/h1-27H. The Bertz CT molecular complexity index is 2860. The van der Waals surface area contributed by atoms with E-state index in [4.69, 9.17) is 14.4 Å². The number of pyridine rings is 1. The minimum absolute atomic E-state index is 0.665. The molecule has 4 heterocycles. The van der Waals surface area contributed by atoms with Crippen molar-refractivity contribution in [2.24, 2.45) is 0 Å². The van der Waals surface area contributed by atoms with Crippen LogP contribution in [0.3, 0.4) is 0 Å². The fourth-order valence-electron chi connectivity index (χ4n) is 6.98. The van der Waals surface area contributed by atoms with Crippen LogP contribution in [0.2, 0.25) is 0 Å². The molecule has 0 fully saturated rings. The van der Waals surface area contributed by atoms with Crippen LogP contribution in [0, 0.1) is 0 Å². The third-order valence-electron chi connectivity index (χ3n) is 9.43. The first kappa shape index (κ1) is 28.6. The smallest absolute Gasteiger partial charge is 0.160 e. The number of aromatic nitrogens is 3. The topological polar surface area (TPSA) is 51.8 Å². The van der Waals surface area contributed by atoms with Gasteiger partial charge in [-0.3, -0.25) is 4.98 Å². The van der Waals surface area contributed by atoms with Gasteiger partial charge in [0.05, 0.1) is 11.4 Å². The Labute approximate surface area is 292 Å². The predicted molar refractivity (Wildman–Crippen MR) is 207 cm³/mol. The molecule has 0 atom stereocenters. The minimum Gasteiger partial charge on any atom is -0.455 e. The molecule has 0 unspecified atom stereocenters. The van der Waals surface area contributed by atoms with Gasteiger partial charge in [-0.25, -0.2) is 9.97 Å². The number of furan rings is 1. The molecule has 50 heavy (non-hydrogen) atoms. The van der Waals surface area contributed by atoms with Crippen molar-refractivity contribution in [3.05, 3.63) is 164 Å². The molecule has 0 radical (unpaired) electrons. The van der Waals surface area contributed by atoms with Gasteiger partial charge in [0.2, 0.25) is 0 Å². The summed E-state index contributed by atoms with van der Waals surface area (Å²) in [5.74, 6) is 0.665. The lowest BCUT2D eigenvalue weighted by atomic mass is 9.95. The summed E-state index contributed by atoms with van der Waals surface area (Å²) in [5.41, 5.74) is 10.7. The van der Waals surface area contributed by atoms with Gasteiger partial charge < -0.3 is 4.42 Å². The number of nitrogens with zero attached hydrogens (tertiary/aromatic N) is 3. The van der Waals surface area contributed by atoms with Gasteiger partial charge in [-0.15, -0.1) is 11.3 Å². The molecular formula is C45H27N3OS. The molecule has 0 aliphatic rings. The molecule has 0 aliphatic heterocycles. The maximum Gasteiger partial charge on any atom is 0.160 e. The molecule has 234 valence electrons. The quantitative estimate of drug-likeness (QED) is 0.185. The van der Waals surface area contributed by atoms with Gasteiger partial charge in [-0.1, -0.05) is 115 Å². The van der Waals surface area contributed by atoms with Gasteiger partial charge in [-0.05, 0) is 58.7 Å². The van der Waals surface area contributed by atoms with Crippen molar-refractivity contribution in [3.8, 4) is 56.2 Å². The molecule has 6 aromatic carbocycles. The normalized spacial score (nSPS) is 11.6. The fourth-order valence-corrected chi connectivity index (χ4v) is 8.13. The molecule has 0 amide bonds. The Morgan fingerprint density at radius 3 is 2.02 bits per heavy atom. The fraction of sp³-hybridized carbons (Fsp3) is 0. The SMILES string of the molecule is c1ccc(-c2nc(-c3ccc(-c4cccnc4)cc3)cc(-c3ccc(-c4ccc5c(c4)sc4ccccc45)c4c3oc3ccccc34)n2)cc1. The van der Waals surface area contributed by atoms with Gasteiger partial charge >= 0.3 is 0 Å². The maximum atomic E-state index is 6.73. The number of thiophene rings is 1. The third kappa shape index (κ3) is 4.79. The van der Waals surface area contributed by atoms with E-state index in [1.54, 1.807) is 6.20 Å². The summed E-state index contributed by atoms with van der Waals surface area (Å²) in [6, 6.07) is 52.9. The molecule has 4 nitrogen and oxygen atoms in total. The highest BCUT2D eigenvalue weighted by molar-refractivity contribution is 7.25. The van der Waals surface area contributed by atoms with E-state index in [2.05, 4.69) is 120 Å². The summed E-state index contributed by atoms with van der Waals surface area (Å²) in [6.45, 7) is 0. The number of para-hydroxylation sites is 1. The largest absolute Gasteiger partial charge is 0.455 e. The Morgan fingerprint density at radius 1 is 0.460 bits per heavy atom. The van der Waals surface area contributed by atoms with E-state index in [0.717, 1.165) is 72.3 Å². The van der Waals surface area contributed by atoms with Crippen LogP contribution in [0.25, 0.3) is 98.3 Å². The van der Waals surface area contributed by atoms with Crippen molar-refractivity contribution >= 4 is 53.4 Å². The van der Waals surface area contributed by atoms with Crippen LogP contribution in [0.4, 0.5) is 0 Å². The lowest BCUT2D eigenvalue weighted by molar-refractivity contribution is 0.670. The molecule has 0 aliphatic carbocycles. The average Bonchev–Trinajstić information content (AvgIpc) is 3.77. The summed E-state index contributed by atoms with van der Waals surface area (Å²) >= 11 is 1.84. The van der Waals surface area contributed by atoms with E-state index >= 15 is 0 Å². The van der Waals surface area contributed by atoms with Gasteiger partial charge in [0, 0.05) is 60.0 Å². The molecule has 0 N–H and O–H groups in total. The zero-order chi connectivity index (χ0) is 33.0. The van der Waals surface area contributed by atoms with Crippen LogP contribution in [0.5, 0.6) is 0 Å². The van der Waals surface area contributed by atoms with Crippen molar-refractivity contribution in [3.63, 3.8) is 0 Å². The summed E-state index contributed by atoms with van der Waals surface area (Å²) in [7, 11) is 0. The van der Waals surface area contributed by atoms with Gasteiger partial charge in [-0.2, -0.15) is 0 Å². The Balaban J connectivity index is 1.17. The lowest BCUT2D eigenvalue weighted by Gasteiger charge is -2.12. The first-order chi connectivity index (χ1) is 24.8. The Hall–Kier alpha value is -6.43. The Morgan fingerprint density at radius 2 is 1.16 bits per heavy atom. The van der Waals surface area contributed by atoms with Crippen molar-refractivity contribution in [2.75, 3.05) is 0 Å². The van der Waals surface area contributed by atoms with Crippen LogP contribution in [-0.2, 0) is 0 Å². The maximum absolute atomic E-state index is 6.73. The second-order valence-corrected chi connectivity index (χ2v) is 13.5. The highest BCUT2D eigenvalue weighted by Crippen LogP contribution is 2.44. The van der Waals surface area contributed by atoms with E-state index in [1.807, 2.05) is 53.9 Å². The first-order valence-corrected chi connectivity index (χ1v) is 17.4. The summed E-state index contributed by atoms with van der Waals surface area (Å²) < 4.78 is 9.30. The van der Waals surface area contributed by atoms with E-state index in [9.17, 15) is 0 Å². The highest BCUT2D eigenvalue weighted by atomic mass is 32.1. The van der Waals surface area contributed by atoms with Crippen LogP contribution in [0.15, 0.2) is 168 Å². The highest BCUT2D eigenvalue weighted by Gasteiger charge is 2.20. The zero-order valence-electron chi connectivity index (χ0n) is 26.7. The third-order valence-corrected chi connectivity index (χ3v) is 10.6. The molecule has 10 aromatic rings. The molecule has 4 aromatic heterocycles. The second kappa shape index (κ2) is 11.6. The van der Waals surface area contributed by atoms with Gasteiger partial charge in [0.15, 0.2) is 5.82 Å². The predicted octanol–water partition coefficient (Wildman–Crippen LogP) is 12.5. The molecule has 0 spiro atoms. The van der Waals surface area contributed by atoms with E-state index in [-0.39, 0.29) is 0 Å². The zero-order valence-corrected chi connectivity index (χ0v) is 27.6. The molecule has 0 saturated heterocycles. The molecule has 10 rings (SSSR count). The van der Waals surface area contributed by atoms with Crippen LogP contribution in [-0.4, -0.2) is 15.0 Å². The number of hydrogen-bond donors (Lipinski definition) is 0. The minimum atomic E-state index is 0.665. The average molecular weight is 658 g/mol. The van der Waals surface area contributed by atoms with Crippen LogP contribution >= 0.6 is 11.3 Å². The molecule has 0 bridgehead atoms. The Kier molecular flexibility index (Phi) is 6.64. The van der Waals surface area contributed by atoms with Gasteiger partial charge in [0.25, 0.3) is 0 Å². The number of hydrogen-bond acceptors (Lipinski definition) is 5. The summed E-state index contributed by atoms with van der Waals surface area (Å²) in [4.78, 5) is 14.5. The second-order valence-electron chi connectivity index (χ2n) is 12.4. The molecule has 5 heteroatoms. The number of rotatable bonds is 5. The van der Waals surface area contributed by atoms with Crippen molar-refractivity contribution in [1.82, 2.24) is 15.0 Å². The van der Waals surface area contributed by atoms with Crippen LogP contribution in [0.1, 0.15) is 0 Å². The summed E-state index contributed by atoms with van der Waals surface area (Å²) in [5, 5.41) is 4.75. The summed E-state index contributed by atoms with van der Waals surface area (Å²) in [6.07, 6.45) is 3.68. The van der Waals surface area contributed by atoms with E-state index in [1.165, 1.54) is 20.2 Å². The van der Waals surface area contributed by atoms with Crippen molar-refractivity contribution < 1.29 is 4.42 Å². The van der Waals surface area contributed by atoms with Gasteiger partial charge in [0.1, 0.15) is 11.2 Å². The number of benzene rings is 6. The van der Waals surface area contributed by atoms with Crippen molar-refractivity contribution in [1.29, 1.82) is 0 Å². The molecular weight excluding hydrogens is 631 g/mol. The lowest BCUT2D eigenvalue weighted by Crippen LogP contribution is -1.96. The molecule has 0 saturated carbocycles. The number of fused-ring (bicyclic) bond motifs is 6. The van der Waals surface area contributed by atoms with E-state index < -0.39 is 0 Å². The first-order valence-electron chi connectivity index (χ1n) is 16.6. The van der Waals surface area contributed by atoms with Crippen molar-refractivity contribution in [2.45, 2.75) is 0 Å². The van der Waals surface area contributed by atoms with E-state index in [0.29, 0.717) is 5.82 Å².